The molecule has 0 atom stereocenters. The Morgan fingerprint density at radius 2 is 1.43 bits per heavy atom. The lowest BCUT2D eigenvalue weighted by Gasteiger charge is -2.13. The molecule has 3 aromatic carbocycles. The van der Waals surface area contributed by atoms with Crippen LogP contribution < -0.4 is 5.32 Å². The quantitative estimate of drug-likeness (QED) is 0.379. The maximum absolute atomic E-state index is 4.77. The van der Waals surface area contributed by atoms with E-state index >= 15 is 0 Å². The molecule has 0 aliphatic carbocycles. The molecule has 0 radical (unpaired) electrons. The lowest BCUT2D eigenvalue weighted by Crippen LogP contribution is -1.95. The fraction of sp³-hybridized carbons (Fsp3) is 0.0500. The molecule has 0 aliphatic heterocycles. The molecule has 0 saturated heterocycles. The van der Waals surface area contributed by atoms with Crippen molar-refractivity contribution in [2.75, 3.05) is 11.6 Å². The van der Waals surface area contributed by atoms with Crippen LogP contribution in [0.2, 0.25) is 0 Å². The molecular weight excluding hydrogens is 300 g/mol. The molecule has 1 N–H and O–H groups in total. The first-order chi connectivity index (χ1) is 11.3. The summed E-state index contributed by atoms with van der Waals surface area (Å²) < 4.78 is 0. The highest BCUT2D eigenvalue weighted by Gasteiger charge is 2.09. The van der Waals surface area contributed by atoms with Crippen molar-refractivity contribution >= 4 is 44.9 Å². The van der Waals surface area contributed by atoms with E-state index < -0.39 is 0 Å². The molecule has 0 aliphatic rings. The largest absolute Gasteiger partial charge is 0.354 e. The number of pyridine rings is 1. The van der Waals surface area contributed by atoms with E-state index in [1.54, 1.807) is 11.8 Å². The first-order valence-corrected chi connectivity index (χ1v) is 8.76. The molecule has 1 aromatic heterocycles. The van der Waals surface area contributed by atoms with Gasteiger partial charge in [0.1, 0.15) is 0 Å². The molecule has 0 saturated carbocycles. The van der Waals surface area contributed by atoms with Gasteiger partial charge in [0, 0.05) is 21.4 Å². The van der Waals surface area contributed by atoms with E-state index in [1.807, 2.05) is 12.1 Å². The van der Waals surface area contributed by atoms with Crippen LogP contribution >= 0.6 is 11.8 Å². The van der Waals surface area contributed by atoms with Gasteiger partial charge in [0.15, 0.2) is 0 Å². The van der Waals surface area contributed by atoms with Crippen LogP contribution in [0.3, 0.4) is 0 Å². The third kappa shape index (κ3) is 2.64. The zero-order valence-electron chi connectivity index (χ0n) is 12.8. The molecule has 112 valence electrons. The molecule has 1 heterocycles. The van der Waals surface area contributed by atoms with Gasteiger partial charge in [-0.05, 0) is 36.6 Å². The highest BCUT2D eigenvalue weighted by molar-refractivity contribution is 7.98. The van der Waals surface area contributed by atoms with Crippen LogP contribution in [0.5, 0.6) is 0 Å². The monoisotopic (exact) mass is 316 g/mol. The van der Waals surface area contributed by atoms with Crippen molar-refractivity contribution in [1.82, 2.24) is 4.98 Å². The van der Waals surface area contributed by atoms with Gasteiger partial charge in [-0.15, -0.1) is 11.8 Å². The number of hydrogen-bond acceptors (Lipinski definition) is 3. The number of nitrogens with one attached hydrogen (secondary N) is 1. The summed E-state index contributed by atoms with van der Waals surface area (Å²) in [5.41, 5.74) is 4.23. The van der Waals surface area contributed by atoms with Crippen LogP contribution in [-0.4, -0.2) is 11.2 Å². The lowest BCUT2D eigenvalue weighted by molar-refractivity contribution is 1.44. The fourth-order valence-electron chi connectivity index (χ4n) is 2.82. The molecule has 23 heavy (non-hydrogen) atoms. The van der Waals surface area contributed by atoms with Gasteiger partial charge in [0.25, 0.3) is 0 Å². The number of hydrogen-bond donors (Lipinski definition) is 1. The molecule has 2 nitrogen and oxygen atoms in total. The van der Waals surface area contributed by atoms with Crippen LogP contribution in [-0.2, 0) is 0 Å². The predicted octanol–water partition coefficient (Wildman–Crippen LogP) is 5.85. The summed E-state index contributed by atoms with van der Waals surface area (Å²) in [5.74, 6) is 0. The second-order valence-corrected chi connectivity index (χ2v) is 6.26. The molecule has 3 heteroatoms. The molecule has 0 bridgehead atoms. The average Bonchev–Trinajstić information content (AvgIpc) is 2.61. The highest BCUT2D eigenvalue weighted by Crippen LogP contribution is 2.33. The second kappa shape index (κ2) is 5.94. The van der Waals surface area contributed by atoms with Crippen molar-refractivity contribution in [3.05, 3.63) is 72.8 Å². The lowest BCUT2D eigenvalue weighted by atomic mass is 10.1. The molecule has 0 fully saturated rings. The third-order valence-electron chi connectivity index (χ3n) is 3.93. The number of anilines is 2. The summed E-state index contributed by atoms with van der Waals surface area (Å²) in [4.78, 5) is 6.02. The Balaban J connectivity index is 1.95. The maximum Gasteiger partial charge on any atom is 0.0730 e. The maximum atomic E-state index is 4.77. The standard InChI is InChI=1S/C20H16N2S/c1-23-15-8-6-7-14(13-15)21-20-16-9-2-4-11-18(16)22-19-12-5-3-10-17(19)20/h2-13H,1H3,(H,21,22). The molecule has 0 amide bonds. The van der Waals surface area contributed by atoms with E-state index in [1.165, 1.54) is 4.90 Å². The Labute approximate surface area is 139 Å². The number of rotatable bonds is 3. The van der Waals surface area contributed by atoms with Crippen molar-refractivity contribution in [1.29, 1.82) is 0 Å². The number of nitrogens with zero attached hydrogens (tertiary/aromatic N) is 1. The number of para-hydroxylation sites is 2. The van der Waals surface area contributed by atoms with Gasteiger partial charge < -0.3 is 5.32 Å². The van der Waals surface area contributed by atoms with E-state index in [4.69, 9.17) is 4.98 Å². The van der Waals surface area contributed by atoms with Crippen molar-refractivity contribution in [3.63, 3.8) is 0 Å². The minimum absolute atomic E-state index is 1.01. The van der Waals surface area contributed by atoms with Gasteiger partial charge in [0.05, 0.1) is 16.7 Å². The van der Waals surface area contributed by atoms with Crippen LogP contribution in [0.4, 0.5) is 11.4 Å². The Morgan fingerprint density at radius 1 is 0.783 bits per heavy atom. The first kappa shape index (κ1) is 14.1. The van der Waals surface area contributed by atoms with Crippen molar-refractivity contribution in [2.24, 2.45) is 0 Å². The number of benzene rings is 3. The Hall–Kier alpha value is -2.52. The van der Waals surface area contributed by atoms with E-state index in [9.17, 15) is 0 Å². The summed E-state index contributed by atoms with van der Waals surface area (Å²) >= 11 is 1.75. The number of thioether (sulfide) groups is 1. The number of aromatic nitrogens is 1. The fourth-order valence-corrected chi connectivity index (χ4v) is 3.28. The summed E-state index contributed by atoms with van der Waals surface area (Å²) in [6.07, 6.45) is 2.09. The third-order valence-corrected chi connectivity index (χ3v) is 4.65. The molecule has 4 rings (SSSR count). The Morgan fingerprint density at radius 3 is 2.09 bits per heavy atom. The topological polar surface area (TPSA) is 24.9 Å². The van der Waals surface area contributed by atoms with Gasteiger partial charge in [-0.2, -0.15) is 0 Å². The summed E-state index contributed by atoms with van der Waals surface area (Å²) in [5, 5.41) is 5.89. The van der Waals surface area contributed by atoms with E-state index in [2.05, 4.69) is 72.2 Å². The minimum atomic E-state index is 1.01. The predicted molar refractivity (Wildman–Crippen MR) is 101 cm³/mol. The van der Waals surface area contributed by atoms with Gasteiger partial charge in [-0.1, -0.05) is 42.5 Å². The van der Waals surface area contributed by atoms with E-state index in [-0.39, 0.29) is 0 Å². The smallest absolute Gasteiger partial charge is 0.0730 e. The van der Waals surface area contributed by atoms with E-state index in [0.29, 0.717) is 0 Å². The summed E-state index contributed by atoms with van der Waals surface area (Å²) in [6.45, 7) is 0. The molecule has 0 unspecified atom stereocenters. The molecule has 0 spiro atoms. The van der Waals surface area contributed by atoms with Crippen LogP contribution in [0, 0.1) is 0 Å². The van der Waals surface area contributed by atoms with Crippen LogP contribution in [0.15, 0.2) is 77.7 Å². The van der Waals surface area contributed by atoms with Gasteiger partial charge in [-0.25, -0.2) is 4.98 Å². The van der Waals surface area contributed by atoms with Gasteiger partial charge in [-0.3, -0.25) is 0 Å². The van der Waals surface area contributed by atoms with Crippen LogP contribution in [0.25, 0.3) is 21.8 Å². The van der Waals surface area contributed by atoms with Crippen LogP contribution in [0.1, 0.15) is 0 Å². The Kier molecular flexibility index (Phi) is 3.64. The molecular formula is C20H16N2S. The minimum Gasteiger partial charge on any atom is -0.354 e. The van der Waals surface area contributed by atoms with Crippen molar-refractivity contribution < 1.29 is 0 Å². The summed E-state index contributed by atoms with van der Waals surface area (Å²) in [7, 11) is 0. The normalized spacial score (nSPS) is 11.0. The zero-order chi connectivity index (χ0) is 15.6. The van der Waals surface area contributed by atoms with Crippen molar-refractivity contribution in [2.45, 2.75) is 4.90 Å². The summed E-state index contributed by atoms with van der Waals surface area (Å²) in [6, 6.07) is 25.0. The average molecular weight is 316 g/mol. The zero-order valence-corrected chi connectivity index (χ0v) is 13.6. The Bertz CT molecular complexity index is 941. The van der Waals surface area contributed by atoms with E-state index in [0.717, 1.165) is 33.2 Å². The molecule has 4 aromatic rings. The second-order valence-electron chi connectivity index (χ2n) is 5.38. The first-order valence-electron chi connectivity index (χ1n) is 7.54. The highest BCUT2D eigenvalue weighted by atomic mass is 32.2. The van der Waals surface area contributed by atoms with Crippen molar-refractivity contribution in [3.8, 4) is 0 Å². The van der Waals surface area contributed by atoms with Gasteiger partial charge in [0.2, 0.25) is 0 Å². The SMILES string of the molecule is CSc1cccc(Nc2c3ccccc3nc3ccccc23)c1. The van der Waals surface area contributed by atoms with Gasteiger partial charge >= 0.3 is 0 Å². The number of fused-ring (bicyclic) bond motifs is 2.